The van der Waals surface area contributed by atoms with Gasteiger partial charge in [-0.3, -0.25) is 9.48 Å². The maximum atomic E-state index is 12.7. The monoisotopic (exact) mass is 363 g/mol. The largest absolute Gasteiger partial charge is 0.383 e. The lowest BCUT2D eigenvalue weighted by atomic mass is 9.96. The van der Waals surface area contributed by atoms with Gasteiger partial charge in [-0.2, -0.15) is 5.10 Å². The normalized spacial score (nSPS) is 21.4. The number of aromatic nitrogens is 2. The van der Waals surface area contributed by atoms with Gasteiger partial charge in [-0.15, -0.1) is 11.3 Å². The Hall–Kier alpha value is -1.70. The Bertz CT molecular complexity index is 671. The van der Waals surface area contributed by atoms with Crippen LogP contribution in [-0.4, -0.2) is 42.1 Å². The van der Waals surface area contributed by atoms with Crippen LogP contribution in [0.4, 0.5) is 0 Å². The minimum absolute atomic E-state index is 0.0659. The second-order valence-corrected chi connectivity index (χ2v) is 7.44. The molecule has 1 amide bonds. The van der Waals surface area contributed by atoms with E-state index in [0.717, 1.165) is 18.4 Å². The fraction of sp³-hybridized carbons (Fsp3) is 0.556. The Morgan fingerprint density at radius 2 is 2.48 bits per heavy atom. The SMILES string of the molecule is COCCn1cc([C@H]2OCC[C@@H]2C(=O)N[C@H](C)Cc2cccs2)cn1. The maximum Gasteiger partial charge on any atom is 0.226 e. The van der Waals surface area contributed by atoms with Crippen LogP contribution in [-0.2, 0) is 27.2 Å². The van der Waals surface area contributed by atoms with Crippen LogP contribution in [0.5, 0.6) is 0 Å². The lowest BCUT2D eigenvalue weighted by Gasteiger charge is -2.20. The molecule has 7 heteroatoms. The highest BCUT2D eigenvalue weighted by molar-refractivity contribution is 7.09. The molecule has 0 bridgehead atoms. The predicted octanol–water partition coefficient (Wildman–Crippen LogP) is 2.42. The molecule has 0 radical (unpaired) electrons. The topological polar surface area (TPSA) is 65.4 Å². The van der Waals surface area contributed by atoms with Crippen molar-refractivity contribution in [3.8, 4) is 0 Å². The number of nitrogens with one attached hydrogen (secondary N) is 1. The minimum atomic E-state index is -0.217. The van der Waals surface area contributed by atoms with Crippen LogP contribution in [0, 0.1) is 5.92 Å². The number of nitrogens with zero attached hydrogens (tertiary/aromatic N) is 2. The van der Waals surface area contributed by atoms with Crippen molar-refractivity contribution < 1.29 is 14.3 Å². The second kappa shape index (κ2) is 8.60. The molecule has 2 aromatic heterocycles. The standard InChI is InChI=1S/C18H25N3O3S/c1-13(10-15-4-3-9-25-15)20-18(22)16-5-7-24-17(16)14-11-19-21(12-14)6-8-23-2/h3-4,9,11-13,16-17H,5-8,10H2,1-2H3,(H,20,22)/t13-,16+,17-/m1/s1. The van der Waals surface area contributed by atoms with Gasteiger partial charge in [0.25, 0.3) is 0 Å². The summed E-state index contributed by atoms with van der Waals surface area (Å²) in [7, 11) is 1.67. The first-order chi connectivity index (χ1) is 12.2. The van der Waals surface area contributed by atoms with E-state index >= 15 is 0 Å². The third-order valence-electron chi connectivity index (χ3n) is 4.41. The molecule has 1 aliphatic rings. The summed E-state index contributed by atoms with van der Waals surface area (Å²) in [6, 6.07) is 4.25. The third-order valence-corrected chi connectivity index (χ3v) is 5.31. The molecular weight excluding hydrogens is 338 g/mol. The van der Waals surface area contributed by atoms with Crippen molar-refractivity contribution in [1.29, 1.82) is 0 Å². The summed E-state index contributed by atoms with van der Waals surface area (Å²) in [4.78, 5) is 14.0. The first kappa shape index (κ1) is 18.1. The van der Waals surface area contributed by atoms with Gasteiger partial charge >= 0.3 is 0 Å². The molecule has 0 aromatic carbocycles. The van der Waals surface area contributed by atoms with Gasteiger partial charge in [-0.05, 0) is 24.8 Å². The molecule has 2 aromatic rings. The first-order valence-corrected chi connectivity index (χ1v) is 9.51. The molecule has 0 unspecified atom stereocenters. The van der Waals surface area contributed by atoms with Crippen molar-refractivity contribution in [2.24, 2.45) is 5.92 Å². The number of methoxy groups -OCH3 is 1. The van der Waals surface area contributed by atoms with Crippen LogP contribution in [0.3, 0.4) is 0 Å². The number of carbonyl (C=O) groups is 1. The van der Waals surface area contributed by atoms with Crippen LogP contribution in [0.15, 0.2) is 29.9 Å². The summed E-state index contributed by atoms with van der Waals surface area (Å²) in [5.41, 5.74) is 0.958. The molecular formula is C18H25N3O3S. The van der Waals surface area contributed by atoms with Gasteiger partial charge in [0.1, 0.15) is 0 Å². The molecule has 6 nitrogen and oxygen atoms in total. The summed E-state index contributed by atoms with van der Waals surface area (Å²) >= 11 is 1.72. The molecule has 0 aliphatic carbocycles. The molecule has 3 rings (SSSR count). The quantitative estimate of drug-likeness (QED) is 0.782. The Morgan fingerprint density at radius 3 is 3.24 bits per heavy atom. The van der Waals surface area contributed by atoms with Gasteiger partial charge in [0, 0.05) is 42.8 Å². The van der Waals surface area contributed by atoms with Crippen molar-refractivity contribution in [2.75, 3.05) is 20.3 Å². The van der Waals surface area contributed by atoms with Gasteiger partial charge in [0.2, 0.25) is 5.91 Å². The zero-order valence-electron chi connectivity index (χ0n) is 14.7. The lowest BCUT2D eigenvalue weighted by Crippen LogP contribution is -2.39. The molecule has 136 valence electrons. The number of hydrogen-bond acceptors (Lipinski definition) is 5. The molecule has 3 atom stereocenters. The highest BCUT2D eigenvalue weighted by Crippen LogP contribution is 2.34. The Balaban J connectivity index is 1.58. The Labute approximate surface area is 152 Å². The zero-order chi connectivity index (χ0) is 17.6. The van der Waals surface area contributed by atoms with Crippen molar-refractivity contribution in [3.63, 3.8) is 0 Å². The molecule has 1 N–H and O–H groups in total. The van der Waals surface area contributed by atoms with E-state index in [4.69, 9.17) is 9.47 Å². The molecule has 1 aliphatic heterocycles. The number of carbonyl (C=O) groups excluding carboxylic acids is 1. The minimum Gasteiger partial charge on any atom is -0.383 e. The second-order valence-electron chi connectivity index (χ2n) is 6.41. The fourth-order valence-electron chi connectivity index (χ4n) is 3.15. The average molecular weight is 363 g/mol. The van der Waals surface area contributed by atoms with E-state index in [1.165, 1.54) is 4.88 Å². The Morgan fingerprint density at radius 1 is 1.60 bits per heavy atom. The summed E-state index contributed by atoms with van der Waals surface area (Å²) in [5.74, 6) is -0.0953. The summed E-state index contributed by atoms with van der Waals surface area (Å²) in [5, 5.41) is 9.53. The van der Waals surface area contributed by atoms with E-state index in [1.54, 1.807) is 24.6 Å². The van der Waals surface area contributed by atoms with E-state index in [-0.39, 0.29) is 24.0 Å². The summed E-state index contributed by atoms with van der Waals surface area (Å²) < 4.78 is 12.7. The van der Waals surface area contributed by atoms with Crippen molar-refractivity contribution in [1.82, 2.24) is 15.1 Å². The van der Waals surface area contributed by atoms with Gasteiger partial charge < -0.3 is 14.8 Å². The summed E-state index contributed by atoms with van der Waals surface area (Å²) in [6.45, 7) is 3.95. The molecule has 0 spiro atoms. The lowest BCUT2D eigenvalue weighted by molar-refractivity contribution is -0.127. The van der Waals surface area contributed by atoms with Crippen LogP contribution in [0.25, 0.3) is 0 Å². The van der Waals surface area contributed by atoms with Gasteiger partial charge in [-0.1, -0.05) is 6.07 Å². The highest BCUT2D eigenvalue weighted by Gasteiger charge is 2.36. The zero-order valence-corrected chi connectivity index (χ0v) is 15.5. The van der Waals surface area contributed by atoms with Crippen molar-refractivity contribution in [3.05, 3.63) is 40.3 Å². The molecule has 1 saturated heterocycles. The van der Waals surface area contributed by atoms with E-state index in [1.807, 2.05) is 23.9 Å². The van der Waals surface area contributed by atoms with E-state index in [9.17, 15) is 4.79 Å². The number of hydrogen-bond donors (Lipinski definition) is 1. The van der Waals surface area contributed by atoms with E-state index in [2.05, 4.69) is 21.9 Å². The average Bonchev–Trinajstić information content (AvgIpc) is 3.33. The van der Waals surface area contributed by atoms with Crippen LogP contribution >= 0.6 is 11.3 Å². The number of thiophene rings is 1. The Kier molecular flexibility index (Phi) is 6.23. The first-order valence-electron chi connectivity index (χ1n) is 8.63. The molecule has 1 fully saturated rings. The smallest absolute Gasteiger partial charge is 0.226 e. The summed E-state index contributed by atoms with van der Waals surface area (Å²) in [6.07, 6.45) is 5.12. The number of rotatable bonds is 8. The van der Waals surface area contributed by atoms with Crippen LogP contribution in [0.1, 0.15) is 29.9 Å². The highest BCUT2D eigenvalue weighted by atomic mass is 32.1. The van der Waals surface area contributed by atoms with Crippen molar-refractivity contribution >= 4 is 17.2 Å². The molecule has 25 heavy (non-hydrogen) atoms. The molecule has 0 saturated carbocycles. The molecule has 3 heterocycles. The number of amides is 1. The van der Waals surface area contributed by atoms with Crippen molar-refractivity contribution in [2.45, 2.75) is 38.5 Å². The van der Waals surface area contributed by atoms with E-state index < -0.39 is 0 Å². The fourth-order valence-corrected chi connectivity index (χ4v) is 3.99. The van der Waals surface area contributed by atoms with Crippen LogP contribution < -0.4 is 5.32 Å². The third kappa shape index (κ3) is 4.68. The van der Waals surface area contributed by atoms with Gasteiger partial charge in [-0.25, -0.2) is 0 Å². The van der Waals surface area contributed by atoms with E-state index in [0.29, 0.717) is 19.8 Å². The maximum absolute atomic E-state index is 12.7. The van der Waals surface area contributed by atoms with Gasteiger partial charge in [0.15, 0.2) is 0 Å². The van der Waals surface area contributed by atoms with Gasteiger partial charge in [0.05, 0.1) is 31.4 Å². The predicted molar refractivity (Wildman–Crippen MR) is 96.5 cm³/mol. The van der Waals surface area contributed by atoms with Crippen LogP contribution in [0.2, 0.25) is 0 Å². The number of ether oxygens (including phenoxy) is 2.